The molecule has 0 radical (unpaired) electrons. The largest absolute Gasteiger partial charge is 0.326 e. The van der Waals surface area contributed by atoms with Crippen LogP contribution in [0.15, 0.2) is 35.5 Å². The predicted molar refractivity (Wildman–Crippen MR) is 84.5 cm³/mol. The van der Waals surface area contributed by atoms with Crippen LogP contribution in [-0.2, 0) is 0 Å². The molecule has 2 unspecified atom stereocenters. The lowest BCUT2D eigenvalue weighted by Gasteiger charge is -2.41. The van der Waals surface area contributed by atoms with Crippen LogP contribution in [0.1, 0.15) is 26.7 Å². The third-order valence-corrected chi connectivity index (χ3v) is 4.84. The standard InChI is InChI=1S/C17H27N3/c1-17(2)5-3-13-11-15(18)16(12-14(13)4-6-17)20-9-7-19-8-10-20/h3-6,15-16,19H,7-12,18H2,1-2H3. The fraction of sp³-hybridized carbons (Fsp3) is 0.647. The zero-order valence-electron chi connectivity index (χ0n) is 12.7. The molecule has 3 nitrogen and oxygen atoms in total. The highest BCUT2D eigenvalue weighted by Crippen LogP contribution is 2.34. The fourth-order valence-corrected chi connectivity index (χ4v) is 3.48. The van der Waals surface area contributed by atoms with Crippen LogP contribution in [0.3, 0.4) is 0 Å². The van der Waals surface area contributed by atoms with Gasteiger partial charge >= 0.3 is 0 Å². The molecular formula is C17H27N3. The second-order valence-corrected chi connectivity index (χ2v) is 6.96. The van der Waals surface area contributed by atoms with Crippen LogP contribution in [-0.4, -0.2) is 43.2 Å². The first-order valence-corrected chi connectivity index (χ1v) is 7.86. The highest BCUT2D eigenvalue weighted by Gasteiger charge is 2.32. The van der Waals surface area contributed by atoms with Gasteiger partial charge in [0, 0.05) is 43.7 Å². The molecule has 3 aliphatic rings. The summed E-state index contributed by atoms with van der Waals surface area (Å²) >= 11 is 0. The van der Waals surface area contributed by atoms with Crippen LogP contribution >= 0.6 is 0 Å². The van der Waals surface area contributed by atoms with Crippen molar-refractivity contribution < 1.29 is 0 Å². The second-order valence-electron chi connectivity index (χ2n) is 6.96. The average Bonchev–Trinajstić information content (AvgIpc) is 2.58. The van der Waals surface area contributed by atoms with E-state index in [2.05, 4.69) is 48.4 Å². The van der Waals surface area contributed by atoms with Gasteiger partial charge in [-0.15, -0.1) is 0 Å². The van der Waals surface area contributed by atoms with E-state index in [0.29, 0.717) is 6.04 Å². The minimum Gasteiger partial charge on any atom is -0.326 e. The van der Waals surface area contributed by atoms with E-state index in [1.54, 1.807) is 0 Å². The van der Waals surface area contributed by atoms with E-state index in [9.17, 15) is 0 Å². The fourth-order valence-electron chi connectivity index (χ4n) is 3.48. The first kappa shape index (κ1) is 14.1. The lowest BCUT2D eigenvalue weighted by molar-refractivity contribution is 0.145. The molecule has 1 saturated heterocycles. The smallest absolute Gasteiger partial charge is 0.0291 e. The lowest BCUT2D eigenvalue weighted by atomic mass is 9.84. The van der Waals surface area contributed by atoms with Crippen molar-refractivity contribution in [2.24, 2.45) is 11.1 Å². The van der Waals surface area contributed by atoms with Gasteiger partial charge in [-0.3, -0.25) is 4.90 Å². The molecule has 1 aliphatic heterocycles. The molecule has 0 spiro atoms. The summed E-state index contributed by atoms with van der Waals surface area (Å²) in [6.45, 7) is 8.96. The molecule has 3 heteroatoms. The summed E-state index contributed by atoms with van der Waals surface area (Å²) in [5.41, 5.74) is 9.59. The Labute approximate surface area is 122 Å². The van der Waals surface area contributed by atoms with E-state index >= 15 is 0 Å². The first-order chi connectivity index (χ1) is 9.55. The van der Waals surface area contributed by atoms with Crippen LogP contribution in [0.25, 0.3) is 0 Å². The number of hydrogen-bond acceptors (Lipinski definition) is 3. The van der Waals surface area contributed by atoms with Crippen molar-refractivity contribution in [2.45, 2.75) is 38.8 Å². The van der Waals surface area contributed by atoms with E-state index in [-0.39, 0.29) is 11.5 Å². The van der Waals surface area contributed by atoms with Crippen molar-refractivity contribution in [2.75, 3.05) is 26.2 Å². The van der Waals surface area contributed by atoms with E-state index in [1.165, 1.54) is 11.1 Å². The maximum Gasteiger partial charge on any atom is 0.0291 e. The number of rotatable bonds is 1. The quantitative estimate of drug-likeness (QED) is 0.766. The van der Waals surface area contributed by atoms with Gasteiger partial charge in [0.15, 0.2) is 0 Å². The second kappa shape index (κ2) is 5.47. The van der Waals surface area contributed by atoms with Gasteiger partial charge in [-0.05, 0) is 24.0 Å². The molecular weight excluding hydrogens is 246 g/mol. The maximum absolute atomic E-state index is 6.48. The van der Waals surface area contributed by atoms with E-state index < -0.39 is 0 Å². The molecule has 2 aliphatic carbocycles. The molecule has 0 bridgehead atoms. The van der Waals surface area contributed by atoms with Crippen molar-refractivity contribution in [1.29, 1.82) is 0 Å². The van der Waals surface area contributed by atoms with Crippen molar-refractivity contribution >= 4 is 0 Å². The molecule has 1 fully saturated rings. The monoisotopic (exact) mass is 273 g/mol. The van der Waals surface area contributed by atoms with Crippen molar-refractivity contribution in [3.05, 3.63) is 35.5 Å². The number of nitrogens with two attached hydrogens (primary N) is 1. The normalized spacial score (nSPS) is 34.0. The molecule has 0 aromatic carbocycles. The Morgan fingerprint density at radius 3 is 2.35 bits per heavy atom. The van der Waals surface area contributed by atoms with Crippen molar-refractivity contribution in [1.82, 2.24) is 10.2 Å². The van der Waals surface area contributed by atoms with Crippen LogP contribution < -0.4 is 11.1 Å². The Balaban J connectivity index is 1.80. The van der Waals surface area contributed by atoms with Crippen molar-refractivity contribution in [3.8, 4) is 0 Å². The van der Waals surface area contributed by atoms with Gasteiger partial charge in [0.1, 0.15) is 0 Å². The summed E-state index contributed by atoms with van der Waals surface area (Å²) in [6, 6.07) is 0.779. The molecule has 20 heavy (non-hydrogen) atoms. The number of allylic oxidation sites excluding steroid dienone is 4. The van der Waals surface area contributed by atoms with Gasteiger partial charge in [0.2, 0.25) is 0 Å². The van der Waals surface area contributed by atoms with Crippen LogP contribution in [0, 0.1) is 5.41 Å². The Morgan fingerprint density at radius 1 is 1.10 bits per heavy atom. The minimum absolute atomic E-state index is 0.159. The highest BCUT2D eigenvalue weighted by atomic mass is 15.2. The minimum atomic E-state index is 0.159. The predicted octanol–water partition coefficient (Wildman–Crippen LogP) is 1.83. The van der Waals surface area contributed by atoms with Gasteiger partial charge < -0.3 is 11.1 Å². The zero-order chi connectivity index (χ0) is 14.2. The van der Waals surface area contributed by atoms with Gasteiger partial charge in [-0.25, -0.2) is 0 Å². The number of piperazine rings is 1. The van der Waals surface area contributed by atoms with E-state index in [0.717, 1.165) is 39.0 Å². The molecule has 2 atom stereocenters. The average molecular weight is 273 g/mol. The van der Waals surface area contributed by atoms with Crippen molar-refractivity contribution in [3.63, 3.8) is 0 Å². The number of hydrogen-bond donors (Lipinski definition) is 2. The lowest BCUT2D eigenvalue weighted by Crippen LogP contribution is -2.55. The SMILES string of the molecule is CC1(C)C=CC2=C(C=C1)CC(N1CCNCC1)C(N)C2. The molecule has 1 heterocycles. The number of nitrogens with one attached hydrogen (secondary N) is 1. The summed E-state index contributed by atoms with van der Waals surface area (Å²) in [5.74, 6) is 0. The third kappa shape index (κ3) is 2.90. The first-order valence-electron chi connectivity index (χ1n) is 7.86. The third-order valence-electron chi connectivity index (χ3n) is 4.84. The Morgan fingerprint density at radius 2 is 1.70 bits per heavy atom. The summed E-state index contributed by atoms with van der Waals surface area (Å²) < 4.78 is 0. The molecule has 3 rings (SSSR count). The van der Waals surface area contributed by atoms with E-state index in [1.807, 2.05) is 0 Å². The number of nitrogens with zero attached hydrogens (tertiary/aromatic N) is 1. The molecule has 0 aromatic rings. The topological polar surface area (TPSA) is 41.3 Å². The summed E-state index contributed by atoms with van der Waals surface area (Å²) in [5, 5.41) is 3.43. The molecule has 0 saturated carbocycles. The Bertz CT molecular complexity index is 453. The summed E-state index contributed by atoms with van der Waals surface area (Å²) in [6.07, 6.45) is 11.4. The summed E-state index contributed by atoms with van der Waals surface area (Å²) in [7, 11) is 0. The van der Waals surface area contributed by atoms with Gasteiger partial charge in [0.25, 0.3) is 0 Å². The molecule has 0 amide bonds. The van der Waals surface area contributed by atoms with Crippen LogP contribution in [0.4, 0.5) is 0 Å². The van der Waals surface area contributed by atoms with Gasteiger partial charge in [-0.1, -0.05) is 38.2 Å². The summed E-state index contributed by atoms with van der Waals surface area (Å²) in [4.78, 5) is 2.58. The molecule has 110 valence electrons. The van der Waals surface area contributed by atoms with Gasteiger partial charge in [0.05, 0.1) is 0 Å². The van der Waals surface area contributed by atoms with Gasteiger partial charge in [-0.2, -0.15) is 0 Å². The highest BCUT2D eigenvalue weighted by molar-refractivity contribution is 5.41. The Kier molecular flexibility index (Phi) is 3.85. The zero-order valence-corrected chi connectivity index (χ0v) is 12.7. The maximum atomic E-state index is 6.48. The van der Waals surface area contributed by atoms with Crippen LogP contribution in [0.5, 0.6) is 0 Å². The van der Waals surface area contributed by atoms with Crippen LogP contribution in [0.2, 0.25) is 0 Å². The Hall–Kier alpha value is -0.900. The molecule has 0 aromatic heterocycles. The van der Waals surface area contributed by atoms with E-state index in [4.69, 9.17) is 5.73 Å². The molecule has 3 N–H and O–H groups in total.